The highest BCUT2D eigenvalue weighted by Crippen LogP contribution is 2.18. The summed E-state index contributed by atoms with van der Waals surface area (Å²) in [4.78, 5) is 14.3. The quantitative estimate of drug-likeness (QED) is 0.834. The van der Waals surface area contributed by atoms with Crippen molar-refractivity contribution in [3.05, 3.63) is 40.8 Å². The molecule has 5 heteroatoms. The second kappa shape index (κ2) is 4.10. The van der Waals surface area contributed by atoms with Crippen molar-refractivity contribution >= 4 is 28.7 Å². The second-order valence-electron chi connectivity index (χ2n) is 2.87. The summed E-state index contributed by atoms with van der Waals surface area (Å²) in [5.41, 5.74) is 1.80. The zero-order valence-electron chi connectivity index (χ0n) is 7.68. The molecule has 0 fully saturated rings. The molecular weight excluding hydrogens is 212 g/mol. The van der Waals surface area contributed by atoms with E-state index in [9.17, 15) is 4.79 Å². The van der Waals surface area contributed by atoms with Gasteiger partial charge in [-0.15, -0.1) is 0 Å². The van der Waals surface area contributed by atoms with Crippen LogP contribution in [0.3, 0.4) is 0 Å². The van der Waals surface area contributed by atoms with Gasteiger partial charge in [-0.1, -0.05) is 0 Å². The first-order valence-electron chi connectivity index (χ1n) is 4.24. The Morgan fingerprint density at radius 2 is 2.20 bits per heavy atom. The number of aromatic nitrogens is 1. The summed E-state index contributed by atoms with van der Waals surface area (Å²) >= 11 is 1.59. The minimum atomic E-state index is -1.02. The van der Waals surface area contributed by atoms with Crippen LogP contribution >= 0.6 is 11.3 Å². The maximum atomic E-state index is 10.5. The third kappa shape index (κ3) is 2.32. The first-order valence-corrected chi connectivity index (χ1v) is 5.18. The van der Waals surface area contributed by atoms with Gasteiger partial charge in [0.15, 0.2) is 0 Å². The number of rotatable bonds is 3. The summed E-state index contributed by atoms with van der Waals surface area (Å²) in [6.07, 6.45) is 1.50. The number of pyridine rings is 1. The minimum Gasteiger partial charge on any atom is -0.477 e. The van der Waals surface area contributed by atoms with Crippen molar-refractivity contribution in [2.45, 2.75) is 0 Å². The van der Waals surface area contributed by atoms with Crippen LogP contribution in [0.4, 0.5) is 11.4 Å². The van der Waals surface area contributed by atoms with Gasteiger partial charge in [0.25, 0.3) is 0 Å². The zero-order valence-corrected chi connectivity index (χ0v) is 8.49. The number of carboxylic acids is 1. The summed E-state index contributed by atoms with van der Waals surface area (Å²) in [5, 5.41) is 15.7. The molecule has 4 nitrogen and oxygen atoms in total. The third-order valence-electron chi connectivity index (χ3n) is 1.79. The molecule has 2 rings (SSSR count). The topological polar surface area (TPSA) is 62.2 Å². The van der Waals surface area contributed by atoms with Crippen LogP contribution < -0.4 is 5.32 Å². The Kier molecular flexibility index (Phi) is 2.64. The first-order chi connectivity index (χ1) is 7.25. The number of hydrogen-bond donors (Lipinski definition) is 2. The lowest BCUT2D eigenvalue weighted by Crippen LogP contribution is -2.00. The van der Waals surface area contributed by atoms with Gasteiger partial charge in [0.2, 0.25) is 0 Å². The molecule has 76 valence electrons. The number of thiophene rings is 1. The first kappa shape index (κ1) is 9.67. The van der Waals surface area contributed by atoms with Crippen LogP contribution in [-0.4, -0.2) is 16.1 Å². The van der Waals surface area contributed by atoms with Crippen molar-refractivity contribution in [2.75, 3.05) is 5.32 Å². The number of carboxylic acid groups (broad SMARTS) is 1. The number of nitrogens with one attached hydrogen (secondary N) is 1. The maximum Gasteiger partial charge on any atom is 0.354 e. The summed E-state index contributed by atoms with van der Waals surface area (Å²) in [7, 11) is 0. The molecule has 0 aliphatic rings. The summed E-state index contributed by atoms with van der Waals surface area (Å²) < 4.78 is 0. The maximum absolute atomic E-state index is 10.5. The van der Waals surface area contributed by atoms with Crippen LogP contribution in [0.25, 0.3) is 0 Å². The minimum absolute atomic E-state index is 0.0471. The van der Waals surface area contributed by atoms with E-state index in [2.05, 4.69) is 10.3 Å². The van der Waals surface area contributed by atoms with Crippen LogP contribution in [0.1, 0.15) is 10.5 Å². The van der Waals surface area contributed by atoms with Crippen molar-refractivity contribution in [1.82, 2.24) is 4.98 Å². The molecule has 2 N–H and O–H groups in total. The Morgan fingerprint density at radius 1 is 1.33 bits per heavy atom. The van der Waals surface area contributed by atoms with Gasteiger partial charge in [-0.3, -0.25) is 0 Å². The predicted molar refractivity (Wildman–Crippen MR) is 58.8 cm³/mol. The fraction of sp³-hybridized carbons (Fsp3) is 0. The Hall–Kier alpha value is -1.88. The average molecular weight is 220 g/mol. The van der Waals surface area contributed by atoms with E-state index in [0.717, 1.165) is 11.4 Å². The Balaban J connectivity index is 2.14. The van der Waals surface area contributed by atoms with Crippen molar-refractivity contribution in [3.63, 3.8) is 0 Å². The average Bonchev–Trinajstić information content (AvgIpc) is 2.71. The van der Waals surface area contributed by atoms with Crippen molar-refractivity contribution in [2.24, 2.45) is 0 Å². The number of carbonyl (C=O) groups is 1. The van der Waals surface area contributed by atoms with E-state index in [4.69, 9.17) is 5.11 Å². The molecule has 0 bridgehead atoms. The molecule has 0 amide bonds. The lowest BCUT2D eigenvalue weighted by molar-refractivity contribution is 0.0690. The van der Waals surface area contributed by atoms with Crippen LogP contribution in [0.2, 0.25) is 0 Å². The zero-order chi connectivity index (χ0) is 10.7. The van der Waals surface area contributed by atoms with E-state index in [1.165, 1.54) is 12.3 Å². The third-order valence-corrected chi connectivity index (χ3v) is 2.48. The molecule has 0 aliphatic carbocycles. The van der Waals surface area contributed by atoms with Crippen LogP contribution in [0.15, 0.2) is 35.2 Å². The van der Waals surface area contributed by atoms with Crippen LogP contribution in [-0.2, 0) is 0 Å². The highest BCUT2D eigenvalue weighted by atomic mass is 32.1. The molecule has 0 radical (unpaired) electrons. The van der Waals surface area contributed by atoms with Gasteiger partial charge >= 0.3 is 5.97 Å². The summed E-state index contributed by atoms with van der Waals surface area (Å²) in [6, 6.07) is 5.10. The molecule has 2 aromatic rings. The van der Waals surface area contributed by atoms with Crippen molar-refractivity contribution in [1.29, 1.82) is 0 Å². The van der Waals surface area contributed by atoms with E-state index in [0.29, 0.717) is 0 Å². The van der Waals surface area contributed by atoms with E-state index in [1.54, 1.807) is 17.4 Å². The fourth-order valence-corrected chi connectivity index (χ4v) is 1.68. The monoisotopic (exact) mass is 220 g/mol. The van der Waals surface area contributed by atoms with Gasteiger partial charge in [0.1, 0.15) is 5.69 Å². The Bertz CT molecular complexity index is 451. The normalized spacial score (nSPS) is 9.87. The summed E-state index contributed by atoms with van der Waals surface area (Å²) in [5.74, 6) is -1.02. The number of aromatic carboxylic acids is 1. The van der Waals surface area contributed by atoms with Gasteiger partial charge in [0, 0.05) is 11.1 Å². The molecule has 0 unspecified atom stereocenters. The number of anilines is 2. The Labute approximate surface area is 90.2 Å². The van der Waals surface area contributed by atoms with E-state index < -0.39 is 5.97 Å². The van der Waals surface area contributed by atoms with Gasteiger partial charge < -0.3 is 10.4 Å². The molecule has 0 saturated heterocycles. The largest absolute Gasteiger partial charge is 0.477 e. The van der Waals surface area contributed by atoms with Crippen molar-refractivity contribution < 1.29 is 9.90 Å². The van der Waals surface area contributed by atoms with Gasteiger partial charge in [0.05, 0.1) is 11.9 Å². The van der Waals surface area contributed by atoms with Crippen molar-refractivity contribution in [3.8, 4) is 0 Å². The lowest BCUT2D eigenvalue weighted by atomic mass is 10.3. The van der Waals surface area contributed by atoms with Crippen LogP contribution in [0.5, 0.6) is 0 Å². The smallest absolute Gasteiger partial charge is 0.354 e. The highest BCUT2D eigenvalue weighted by molar-refractivity contribution is 7.08. The van der Waals surface area contributed by atoms with Crippen LogP contribution in [0, 0.1) is 0 Å². The number of nitrogens with zero attached hydrogens (tertiary/aromatic N) is 1. The van der Waals surface area contributed by atoms with E-state index in [-0.39, 0.29) is 5.69 Å². The van der Waals surface area contributed by atoms with Gasteiger partial charge in [-0.05, 0) is 23.6 Å². The molecule has 0 spiro atoms. The number of hydrogen-bond acceptors (Lipinski definition) is 4. The van der Waals surface area contributed by atoms with Gasteiger partial charge in [-0.2, -0.15) is 11.3 Å². The van der Waals surface area contributed by atoms with E-state index in [1.807, 2.05) is 16.8 Å². The van der Waals surface area contributed by atoms with E-state index >= 15 is 0 Å². The second-order valence-corrected chi connectivity index (χ2v) is 3.65. The molecule has 15 heavy (non-hydrogen) atoms. The molecule has 0 aliphatic heterocycles. The molecule has 0 aromatic carbocycles. The molecule has 2 aromatic heterocycles. The SMILES string of the molecule is O=C(O)c1ccc(Nc2ccsc2)cn1. The highest BCUT2D eigenvalue weighted by Gasteiger charge is 2.03. The molecular formula is C10H8N2O2S. The Morgan fingerprint density at radius 3 is 2.73 bits per heavy atom. The molecule has 0 saturated carbocycles. The molecule has 0 atom stereocenters. The summed E-state index contributed by atoms with van der Waals surface area (Å²) in [6.45, 7) is 0. The standard InChI is InChI=1S/C10H8N2O2S/c13-10(14)9-2-1-7(5-11-9)12-8-3-4-15-6-8/h1-6,12H,(H,13,14). The van der Waals surface area contributed by atoms with Gasteiger partial charge in [-0.25, -0.2) is 9.78 Å². The fourth-order valence-electron chi connectivity index (χ4n) is 1.10. The predicted octanol–water partition coefficient (Wildman–Crippen LogP) is 2.58. The molecule has 2 heterocycles. The lowest BCUT2D eigenvalue weighted by Gasteiger charge is -2.02.